The third-order valence-corrected chi connectivity index (χ3v) is 2.44. The van der Waals surface area contributed by atoms with Gasteiger partial charge in [-0.2, -0.15) is 10.2 Å². The molecule has 2 rings (SSSR count). The van der Waals surface area contributed by atoms with Crippen LogP contribution in [0.5, 0.6) is 0 Å². The standard InChI is InChI=1S/C10H15N5/c1-7-4-9(15(3)13-7)10(11)8-5-12-14(2)6-8/h4-6,10H,11H2,1-3H3. The summed E-state index contributed by atoms with van der Waals surface area (Å²) in [5.41, 5.74) is 9.11. The molecule has 0 aliphatic heterocycles. The normalized spacial score (nSPS) is 13.1. The number of nitrogens with two attached hydrogens (primary N) is 1. The highest BCUT2D eigenvalue weighted by Crippen LogP contribution is 2.18. The van der Waals surface area contributed by atoms with Crippen LogP contribution >= 0.6 is 0 Å². The Morgan fingerprint density at radius 2 is 2.13 bits per heavy atom. The van der Waals surface area contributed by atoms with E-state index in [1.807, 2.05) is 38.0 Å². The molecule has 0 fully saturated rings. The molecule has 0 radical (unpaired) electrons. The lowest BCUT2D eigenvalue weighted by molar-refractivity contribution is 0.668. The first-order chi connectivity index (χ1) is 7.08. The Morgan fingerprint density at radius 1 is 1.40 bits per heavy atom. The molecule has 15 heavy (non-hydrogen) atoms. The molecule has 5 nitrogen and oxygen atoms in total. The lowest BCUT2D eigenvalue weighted by atomic mass is 10.1. The van der Waals surface area contributed by atoms with E-state index in [0.29, 0.717) is 0 Å². The average Bonchev–Trinajstić information content (AvgIpc) is 2.71. The molecule has 0 saturated carbocycles. The molecule has 2 aromatic rings. The van der Waals surface area contributed by atoms with Gasteiger partial charge in [0.2, 0.25) is 0 Å². The summed E-state index contributed by atoms with van der Waals surface area (Å²) in [6.07, 6.45) is 3.71. The minimum absolute atomic E-state index is 0.162. The van der Waals surface area contributed by atoms with Crippen molar-refractivity contribution < 1.29 is 0 Å². The maximum absolute atomic E-state index is 6.13. The van der Waals surface area contributed by atoms with Crippen LogP contribution in [-0.4, -0.2) is 19.6 Å². The Hall–Kier alpha value is -1.62. The van der Waals surface area contributed by atoms with Gasteiger partial charge in [-0.15, -0.1) is 0 Å². The fourth-order valence-corrected chi connectivity index (χ4v) is 1.69. The van der Waals surface area contributed by atoms with Gasteiger partial charge < -0.3 is 5.73 Å². The van der Waals surface area contributed by atoms with Crippen LogP contribution < -0.4 is 5.73 Å². The van der Waals surface area contributed by atoms with Crippen LogP contribution in [0.4, 0.5) is 0 Å². The minimum atomic E-state index is -0.162. The second kappa shape index (κ2) is 3.51. The van der Waals surface area contributed by atoms with E-state index < -0.39 is 0 Å². The second-order valence-corrected chi connectivity index (χ2v) is 3.76. The topological polar surface area (TPSA) is 61.7 Å². The van der Waals surface area contributed by atoms with Gasteiger partial charge in [-0.1, -0.05) is 0 Å². The zero-order valence-electron chi connectivity index (χ0n) is 9.18. The Labute approximate surface area is 88.5 Å². The predicted octanol–water partition coefficient (Wildman–Crippen LogP) is 0.510. The zero-order chi connectivity index (χ0) is 11.0. The molecule has 1 unspecified atom stereocenters. The van der Waals surface area contributed by atoms with E-state index in [1.54, 1.807) is 10.9 Å². The SMILES string of the molecule is Cc1cc(C(N)c2cnn(C)c2)n(C)n1. The summed E-state index contributed by atoms with van der Waals surface area (Å²) in [5.74, 6) is 0. The van der Waals surface area contributed by atoms with E-state index in [4.69, 9.17) is 5.73 Å². The van der Waals surface area contributed by atoms with E-state index in [0.717, 1.165) is 17.0 Å². The van der Waals surface area contributed by atoms with Crippen LogP contribution in [0.25, 0.3) is 0 Å². The minimum Gasteiger partial charge on any atom is -0.319 e. The molecule has 0 bridgehead atoms. The molecule has 80 valence electrons. The molecule has 5 heteroatoms. The average molecular weight is 205 g/mol. The molecule has 2 heterocycles. The largest absolute Gasteiger partial charge is 0.319 e. The molecule has 2 aromatic heterocycles. The highest BCUT2D eigenvalue weighted by atomic mass is 15.3. The second-order valence-electron chi connectivity index (χ2n) is 3.76. The highest BCUT2D eigenvalue weighted by molar-refractivity contribution is 5.24. The molecule has 0 aromatic carbocycles. The lowest BCUT2D eigenvalue weighted by Crippen LogP contribution is -2.15. The highest BCUT2D eigenvalue weighted by Gasteiger charge is 2.14. The first kappa shape index (κ1) is 9.92. The number of rotatable bonds is 2. The van der Waals surface area contributed by atoms with E-state index in [2.05, 4.69) is 10.2 Å². The van der Waals surface area contributed by atoms with Crippen LogP contribution in [0.2, 0.25) is 0 Å². The van der Waals surface area contributed by atoms with Crippen LogP contribution in [0.15, 0.2) is 18.5 Å². The van der Waals surface area contributed by atoms with Crippen LogP contribution in [0.1, 0.15) is 23.0 Å². The molecular weight excluding hydrogens is 190 g/mol. The van der Waals surface area contributed by atoms with Gasteiger partial charge in [-0.25, -0.2) is 0 Å². The molecular formula is C10H15N5. The molecule has 0 saturated heterocycles. The van der Waals surface area contributed by atoms with Crippen LogP contribution in [0.3, 0.4) is 0 Å². The quantitative estimate of drug-likeness (QED) is 0.777. The van der Waals surface area contributed by atoms with Crippen molar-refractivity contribution in [3.8, 4) is 0 Å². The summed E-state index contributed by atoms with van der Waals surface area (Å²) in [6, 6.07) is 1.84. The fraction of sp³-hybridized carbons (Fsp3) is 0.400. The lowest BCUT2D eigenvalue weighted by Gasteiger charge is -2.09. The molecule has 0 aliphatic rings. The predicted molar refractivity (Wildman–Crippen MR) is 57.2 cm³/mol. The van der Waals surface area contributed by atoms with Gasteiger partial charge >= 0.3 is 0 Å². The van der Waals surface area contributed by atoms with Crippen molar-refractivity contribution in [1.29, 1.82) is 0 Å². The first-order valence-electron chi connectivity index (χ1n) is 4.82. The number of aryl methyl sites for hydroxylation is 3. The number of hydrogen-bond donors (Lipinski definition) is 1. The van der Waals surface area contributed by atoms with E-state index in [1.165, 1.54) is 0 Å². The maximum atomic E-state index is 6.13. The van der Waals surface area contributed by atoms with Gasteiger partial charge in [0.05, 0.1) is 23.6 Å². The molecule has 2 N–H and O–H groups in total. The molecule has 0 amide bonds. The smallest absolute Gasteiger partial charge is 0.0754 e. The van der Waals surface area contributed by atoms with E-state index in [-0.39, 0.29) is 6.04 Å². The van der Waals surface area contributed by atoms with Gasteiger partial charge in [0.15, 0.2) is 0 Å². The summed E-state index contributed by atoms with van der Waals surface area (Å²) < 4.78 is 3.56. The van der Waals surface area contributed by atoms with Crippen molar-refractivity contribution in [2.24, 2.45) is 19.8 Å². The van der Waals surface area contributed by atoms with Crippen LogP contribution in [-0.2, 0) is 14.1 Å². The van der Waals surface area contributed by atoms with Gasteiger partial charge in [-0.05, 0) is 13.0 Å². The summed E-state index contributed by atoms with van der Waals surface area (Å²) in [5, 5.41) is 8.38. The maximum Gasteiger partial charge on any atom is 0.0754 e. The van der Waals surface area contributed by atoms with Crippen molar-refractivity contribution in [2.75, 3.05) is 0 Å². The number of aromatic nitrogens is 4. The third-order valence-electron chi connectivity index (χ3n) is 2.44. The third kappa shape index (κ3) is 1.78. The summed E-state index contributed by atoms with van der Waals surface area (Å²) in [7, 11) is 3.78. The Morgan fingerprint density at radius 3 is 2.60 bits per heavy atom. The van der Waals surface area contributed by atoms with E-state index >= 15 is 0 Å². The summed E-state index contributed by atoms with van der Waals surface area (Å²) in [6.45, 7) is 1.96. The number of hydrogen-bond acceptors (Lipinski definition) is 3. The Kier molecular flexibility index (Phi) is 2.32. The van der Waals surface area contributed by atoms with Gasteiger partial charge in [-0.3, -0.25) is 9.36 Å². The van der Waals surface area contributed by atoms with Gasteiger partial charge in [0.1, 0.15) is 0 Å². The zero-order valence-corrected chi connectivity index (χ0v) is 9.18. The number of nitrogens with zero attached hydrogens (tertiary/aromatic N) is 4. The summed E-state index contributed by atoms with van der Waals surface area (Å²) >= 11 is 0. The Balaban J connectivity index is 2.35. The van der Waals surface area contributed by atoms with Crippen molar-refractivity contribution >= 4 is 0 Å². The Bertz CT molecular complexity index is 468. The molecule has 0 spiro atoms. The molecule has 0 aliphatic carbocycles. The van der Waals surface area contributed by atoms with E-state index in [9.17, 15) is 0 Å². The first-order valence-corrected chi connectivity index (χ1v) is 4.82. The monoisotopic (exact) mass is 205 g/mol. The van der Waals surface area contributed by atoms with Gasteiger partial charge in [0, 0.05) is 25.9 Å². The van der Waals surface area contributed by atoms with Crippen molar-refractivity contribution in [3.05, 3.63) is 35.4 Å². The van der Waals surface area contributed by atoms with Crippen molar-refractivity contribution in [2.45, 2.75) is 13.0 Å². The summed E-state index contributed by atoms with van der Waals surface area (Å²) in [4.78, 5) is 0. The fourth-order valence-electron chi connectivity index (χ4n) is 1.69. The van der Waals surface area contributed by atoms with Crippen LogP contribution in [0, 0.1) is 6.92 Å². The van der Waals surface area contributed by atoms with Crippen molar-refractivity contribution in [1.82, 2.24) is 19.6 Å². The van der Waals surface area contributed by atoms with Crippen molar-refractivity contribution in [3.63, 3.8) is 0 Å². The van der Waals surface area contributed by atoms with Gasteiger partial charge in [0.25, 0.3) is 0 Å². The molecule has 1 atom stereocenters.